The van der Waals surface area contributed by atoms with Crippen LogP contribution < -0.4 is 10.6 Å². The van der Waals surface area contributed by atoms with Gasteiger partial charge in [-0.15, -0.1) is 0 Å². The highest BCUT2D eigenvalue weighted by Gasteiger charge is 2.04. The van der Waals surface area contributed by atoms with E-state index in [0.29, 0.717) is 6.54 Å². The van der Waals surface area contributed by atoms with Crippen molar-refractivity contribution in [3.63, 3.8) is 0 Å². The molecule has 0 radical (unpaired) electrons. The van der Waals surface area contributed by atoms with Crippen LogP contribution >= 0.6 is 0 Å². The van der Waals surface area contributed by atoms with E-state index in [0.717, 1.165) is 43.6 Å². The number of imidazole rings is 1. The molecule has 1 aromatic carbocycles. The summed E-state index contributed by atoms with van der Waals surface area (Å²) in [5, 5.41) is 6.60. The zero-order chi connectivity index (χ0) is 18.0. The van der Waals surface area contributed by atoms with Gasteiger partial charge in [0.05, 0.1) is 6.26 Å². The Hall–Kier alpha value is -3.02. The van der Waals surface area contributed by atoms with Crippen LogP contribution in [0.1, 0.15) is 24.1 Å². The SMILES string of the molecule is CCNC(=NCc1nccn1Cc1ccccc1)NCCc1ccco1. The van der Waals surface area contributed by atoms with Crippen molar-refractivity contribution in [1.82, 2.24) is 20.2 Å². The zero-order valence-corrected chi connectivity index (χ0v) is 15.1. The Kier molecular flexibility index (Phi) is 6.47. The third-order valence-electron chi connectivity index (χ3n) is 3.96. The second-order valence-electron chi connectivity index (χ2n) is 5.91. The maximum Gasteiger partial charge on any atom is 0.191 e. The number of hydrogen-bond acceptors (Lipinski definition) is 3. The number of rotatable bonds is 8. The van der Waals surface area contributed by atoms with Crippen LogP contribution in [0.2, 0.25) is 0 Å². The lowest BCUT2D eigenvalue weighted by atomic mass is 10.2. The average Bonchev–Trinajstić information content (AvgIpc) is 3.33. The molecule has 0 unspecified atom stereocenters. The smallest absolute Gasteiger partial charge is 0.191 e. The number of furan rings is 1. The van der Waals surface area contributed by atoms with Crippen molar-refractivity contribution in [1.29, 1.82) is 0 Å². The summed E-state index contributed by atoms with van der Waals surface area (Å²) in [6.45, 7) is 4.95. The molecule has 26 heavy (non-hydrogen) atoms. The van der Waals surface area contributed by atoms with Gasteiger partial charge in [-0.3, -0.25) is 0 Å². The first-order valence-corrected chi connectivity index (χ1v) is 8.93. The Bertz CT molecular complexity index is 793. The molecule has 2 aromatic heterocycles. The fourth-order valence-corrected chi connectivity index (χ4v) is 2.67. The van der Waals surface area contributed by atoms with Crippen molar-refractivity contribution in [2.45, 2.75) is 26.4 Å². The largest absolute Gasteiger partial charge is 0.469 e. The summed E-state index contributed by atoms with van der Waals surface area (Å²) in [6.07, 6.45) is 6.33. The van der Waals surface area contributed by atoms with E-state index < -0.39 is 0 Å². The molecule has 0 aliphatic carbocycles. The van der Waals surface area contributed by atoms with Crippen molar-refractivity contribution in [2.75, 3.05) is 13.1 Å². The zero-order valence-electron chi connectivity index (χ0n) is 15.1. The van der Waals surface area contributed by atoms with Gasteiger partial charge in [0.1, 0.15) is 18.1 Å². The van der Waals surface area contributed by atoms with E-state index in [2.05, 4.69) is 56.4 Å². The summed E-state index contributed by atoms with van der Waals surface area (Å²) in [6, 6.07) is 14.3. The first kappa shape index (κ1) is 17.8. The molecule has 6 nitrogen and oxygen atoms in total. The lowest BCUT2D eigenvalue weighted by molar-refractivity contribution is 0.507. The lowest BCUT2D eigenvalue weighted by Gasteiger charge is -2.11. The van der Waals surface area contributed by atoms with E-state index in [1.165, 1.54) is 5.56 Å². The van der Waals surface area contributed by atoms with Crippen molar-refractivity contribution in [2.24, 2.45) is 4.99 Å². The third kappa shape index (κ3) is 5.24. The summed E-state index contributed by atoms with van der Waals surface area (Å²) in [5.41, 5.74) is 1.25. The second-order valence-corrected chi connectivity index (χ2v) is 5.91. The number of benzene rings is 1. The highest BCUT2D eigenvalue weighted by Crippen LogP contribution is 2.06. The summed E-state index contributed by atoms with van der Waals surface area (Å²) in [7, 11) is 0. The number of nitrogens with one attached hydrogen (secondary N) is 2. The molecule has 0 aliphatic rings. The van der Waals surface area contributed by atoms with Crippen LogP contribution in [0.3, 0.4) is 0 Å². The Morgan fingerprint density at radius 2 is 2.04 bits per heavy atom. The van der Waals surface area contributed by atoms with Crippen LogP contribution in [0.4, 0.5) is 0 Å². The predicted octanol–water partition coefficient (Wildman–Crippen LogP) is 2.82. The van der Waals surface area contributed by atoms with Gasteiger partial charge >= 0.3 is 0 Å². The molecule has 0 bridgehead atoms. The highest BCUT2D eigenvalue weighted by atomic mass is 16.3. The van der Waals surface area contributed by atoms with Crippen LogP contribution in [0.15, 0.2) is 70.5 Å². The molecule has 2 heterocycles. The molecule has 0 saturated heterocycles. The Labute approximate surface area is 154 Å². The maximum absolute atomic E-state index is 5.35. The molecule has 3 aromatic rings. The van der Waals surface area contributed by atoms with E-state index >= 15 is 0 Å². The van der Waals surface area contributed by atoms with Gasteiger partial charge in [-0.2, -0.15) is 0 Å². The summed E-state index contributed by atoms with van der Waals surface area (Å²) in [5.74, 6) is 2.69. The quantitative estimate of drug-likeness (QED) is 0.484. The van der Waals surface area contributed by atoms with Crippen LogP contribution in [-0.4, -0.2) is 28.6 Å². The topological polar surface area (TPSA) is 67.4 Å². The molecular weight excluding hydrogens is 326 g/mol. The van der Waals surface area contributed by atoms with Gasteiger partial charge in [0.2, 0.25) is 0 Å². The van der Waals surface area contributed by atoms with Gasteiger partial charge in [-0.1, -0.05) is 30.3 Å². The summed E-state index contributed by atoms with van der Waals surface area (Å²) in [4.78, 5) is 9.11. The van der Waals surface area contributed by atoms with Gasteiger partial charge in [0.15, 0.2) is 5.96 Å². The number of aliphatic imine (C=N–C) groups is 1. The Balaban J connectivity index is 1.58. The first-order valence-electron chi connectivity index (χ1n) is 8.93. The van der Waals surface area contributed by atoms with Gasteiger partial charge < -0.3 is 19.6 Å². The fourth-order valence-electron chi connectivity index (χ4n) is 2.67. The highest BCUT2D eigenvalue weighted by molar-refractivity contribution is 5.79. The lowest BCUT2D eigenvalue weighted by Crippen LogP contribution is -2.38. The molecule has 0 amide bonds. The minimum absolute atomic E-state index is 0.524. The fraction of sp³-hybridized carbons (Fsp3) is 0.300. The van der Waals surface area contributed by atoms with Crippen LogP contribution in [0.25, 0.3) is 0 Å². The molecule has 3 rings (SSSR count). The minimum Gasteiger partial charge on any atom is -0.469 e. The standard InChI is InChI=1S/C20H25N5O/c1-2-21-20(23-11-10-18-9-6-14-26-18)24-15-19-22-12-13-25(19)16-17-7-4-3-5-8-17/h3-9,12-14H,2,10-11,15-16H2,1H3,(H2,21,23,24). The van der Waals surface area contributed by atoms with E-state index in [4.69, 9.17) is 4.42 Å². The van der Waals surface area contributed by atoms with Crippen LogP contribution in [-0.2, 0) is 19.5 Å². The van der Waals surface area contributed by atoms with Gasteiger partial charge in [-0.05, 0) is 24.6 Å². The monoisotopic (exact) mass is 351 g/mol. The molecule has 0 aliphatic heterocycles. The molecule has 0 fully saturated rings. The van der Waals surface area contributed by atoms with E-state index in [9.17, 15) is 0 Å². The molecule has 0 atom stereocenters. The molecule has 136 valence electrons. The average molecular weight is 351 g/mol. The van der Waals surface area contributed by atoms with Crippen molar-refractivity contribution in [3.05, 3.63) is 78.3 Å². The second kappa shape index (κ2) is 9.46. The molecule has 6 heteroatoms. The van der Waals surface area contributed by atoms with E-state index in [-0.39, 0.29) is 0 Å². The van der Waals surface area contributed by atoms with Crippen molar-refractivity contribution in [3.8, 4) is 0 Å². The van der Waals surface area contributed by atoms with Gasteiger partial charge in [-0.25, -0.2) is 9.98 Å². The molecule has 0 spiro atoms. The number of guanidine groups is 1. The third-order valence-corrected chi connectivity index (χ3v) is 3.96. The van der Waals surface area contributed by atoms with Crippen LogP contribution in [0, 0.1) is 0 Å². The maximum atomic E-state index is 5.35. The van der Waals surface area contributed by atoms with E-state index in [1.54, 1.807) is 6.26 Å². The van der Waals surface area contributed by atoms with Crippen molar-refractivity contribution < 1.29 is 4.42 Å². The number of nitrogens with zero attached hydrogens (tertiary/aromatic N) is 3. The van der Waals surface area contributed by atoms with Crippen molar-refractivity contribution >= 4 is 5.96 Å². The Morgan fingerprint density at radius 3 is 2.81 bits per heavy atom. The summed E-state index contributed by atoms with van der Waals surface area (Å²) < 4.78 is 7.48. The van der Waals surface area contributed by atoms with Gasteiger partial charge in [0.25, 0.3) is 0 Å². The van der Waals surface area contributed by atoms with Gasteiger partial charge in [0, 0.05) is 38.4 Å². The number of hydrogen-bond donors (Lipinski definition) is 2. The molecule has 2 N–H and O–H groups in total. The predicted molar refractivity (Wildman–Crippen MR) is 103 cm³/mol. The normalized spacial score (nSPS) is 11.5. The molecular formula is C20H25N5O. The number of aromatic nitrogens is 2. The summed E-state index contributed by atoms with van der Waals surface area (Å²) >= 11 is 0. The molecule has 0 saturated carbocycles. The van der Waals surface area contributed by atoms with Crippen LogP contribution in [0.5, 0.6) is 0 Å². The van der Waals surface area contributed by atoms with E-state index in [1.807, 2.05) is 30.6 Å². The first-order chi connectivity index (χ1) is 12.8. The Morgan fingerprint density at radius 1 is 1.15 bits per heavy atom. The minimum atomic E-state index is 0.524.